The fourth-order valence-corrected chi connectivity index (χ4v) is 8.99. The number of nitrogens with zero attached hydrogens (tertiary/aromatic N) is 1. The summed E-state index contributed by atoms with van der Waals surface area (Å²) in [4.78, 5) is 2.60. The fraction of sp³-hybridized carbons (Fsp3) is 0.244. The standard InChI is InChI=1S/C45H42BN/c1-26(2)33-24-34(44(3,4)5)30-22-23-32-40(25-35(45(6,7)8)31-21-20-28(33)41(30)42(31)32)47-38-18-12-11-17-37(38)46-36-16-10-9-14-27(36)29-15-13-19-39(47)43(29)46/h9-26H,1-8H3. The Morgan fingerprint density at radius 1 is 0.511 bits per heavy atom. The number of anilines is 3. The van der Waals surface area contributed by atoms with E-state index in [0.29, 0.717) is 5.92 Å². The lowest BCUT2D eigenvalue weighted by atomic mass is 9.37. The highest BCUT2D eigenvalue weighted by Gasteiger charge is 2.42. The SMILES string of the molecule is CC(C)c1cc(C(C)(C)C)c2ccc3c(N4c5ccccc5B5c6ccccc6-c6cccc4c65)cc(C(C)(C)C)c4ccc1c2c34. The summed E-state index contributed by atoms with van der Waals surface area (Å²) in [5.74, 6) is 0.432. The van der Waals surface area contributed by atoms with Crippen LogP contribution in [0.15, 0.2) is 103 Å². The second-order valence-electron chi connectivity index (χ2n) is 16.3. The number of para-hydroxylation sites is 1. The molecule has 0 saturated carbocycles. The first-order valence-electron chi connectivity index (χ1n) is 17.4. The highest BCUT2D eigenvalue weighted by atomic mass is 15.2. The molecule has 2 heteroatoms. The predicted molar refractivity (Wildman–Crippen MR) is 206 cm³/mol. The van der Waals surface area contributed by atoms with Gasteiger partial charge in [-0.3, -0.25) is 0 Å². The van der Waals surface area contributed by atoms with Gasteiger partial charge in [0, 0.05) is 16.8 Å². The summed E-state index contributed by atoms with van der Waals surface area (Å²) >= 11 is 0. The smallest absolute Gasteiger partial charge is 0.248 e. The summed E-state index contributed by atoms with van der Waals surface area (Å²) in [7, 11) is 0. The molecule has 0 amide bonds. The summed E-state index contributed by atoms with van der Waals surface area (Å²) in [6.07, 6.45) is 0. The summed E-state index contributed by atoms with van der Waals surface area (Å²) in [6, 6.07) is 39.9. The third-order valence-electron chi connectivity index (χ3n) is 11.1. The van der Waals surface area contributed by atoms with Crippen molar-refractivity contribution >= 4 is 72.5 Å². The van der Waals surface area contributed by atoms with E-state index in [9.17, 15) is 0 Å². The number of benzene rings is 7. The van der Waals surface area contributed by atoms with E-state index in [-0.39, 0.29) is 17.5 Å². The molecule has 0 atom stereocenters. The first-order chi connectivity index (χ1) is 22.4. The first kappa shape index (κ1) is 28.7. The quantitative estimate of drug-likeness (QED) is 0.140. The van der Waals surface area contributed by atoms with Gasteiger partial charge in [-0.25, -0.2) is 0 Å². The maximum absolute atomic E-state index is 2.60. The molecule has 0 saturated heterocycles. The monoisotopic (exact) mass is 607 g/mol. The second kappa shape index (κ2) is 9.51. The van der Waals surface area contributed by atoms with Gasteiger partial charge in [0.15, 0.2) is 0 Å². The maximum atomic E-state index is 2.60. The van der Waals surface area contributed by atoms with Gasteiger partial charge in [0.1, 0.15) is 0 Å². The molecule has 2 aliphatic rings. The van der Waals surface area contributed by atoms with Crippen LogP contribution in [-0.4, -0.2) is 6.71 Å². The second-order valence-corrected chi connectivity index (χ2v) is 16.3. The van der Waals surface area contributed by atoms with Crippen molar-refractivity contribution in [2.24, 2.45) is 0 Å². The largest absolute Gasteiger partial charge is 0.311 e. The Balaban J connectivity index is 1.46. The Kier molecular flexibility index (Phi) is 5.80. The van der Waals surface area contributed by atoms with E-state index in [1.165, 1.54) is 93.6 Å². The van der Waals surface area contributed by atoms with E-state index >= 15 is 0 Å². The summed E-state index contributed by atoms with van der Waals surface area (Å²) < 4.78 is 0. The zero-order chi connectivity index (χ0) is 32.6. The van der Waals surface area contributed by atoms with Crippen LogP contribution >= 0.6 is 0 Å². The molecule has 9 rings (SSSR count). The van der Waals surface area contributed by atoms with Gasteiger partial charge in [0.2, 0.25) is 6.71 Å². The molecule has 7 aromatic carbocycles. The normalized spacial score (nSPS) is 14.1. The minimum Gasteiger partial charge on any atom is -0.311 e. The van der Waals surface area contributed by atoms with Gasteiger partial charge in [0.05, 0.1) is 5.69 Å². The van der Waals surface area contributed by atoms with Crippen LogP contribution in [0.25, 0.3) is 43.4 Å². The lowest BCUT2D eigenvalue weighted by Gasteiger charge is -2.38. The molecule has 0 aromatic heterocycles. The molecule has 2 aliphatic heterocycles. The number of rotatable bonds is 2. The van der Waals surface area contributed by atoms with E-state index < -0.39 is 0 Å². The molecule has 0 spiro atoms. The Morgan fingerprint density at radius 2 is 1.06 bits per heavy atom. The van der Waals surface area contributed by atoms with Crippen molar-refractivity contribution < 1.29 is 0 Å². The van der Waals surface area contributed by atoms with Crippen LogP contribution in [0, 0.1) is 0 Å². The Hall–Kier alpha value is -4.56. The van der Waals surface area contributed by atoms with Gasteiger partial charge >= 0.3 is 0 Å². The summed E-state index contributed by atoms with van der Waals surface area (Å²) in [5.41, 5.74) is 15.1. The zero-order valence-electron chi connectivity index (χ0n) is 28.9. The molecular weight excluding hydrogens is 565 g/mol. The zero-order valence-corrected chi connectivity index (χ0v) is 28.9. The molecular formula is C45H42BN. The van der Waals surface area contributed by atoms with E-state index in [1.54, 1.807) is 0 Å². The molecule has 0 bridgehead atoms. The highest BCUT2D eigenvalue weighted by molar-refractivity contribution is 7.01. The van der Waals surface area contributed by atoms with E-state index in [0.717, 1.165) is 0 Å². The van der Waals surface area contributed by atoms with Crippen molar-refractivity contribution in [2.75, 3.05) is 4.90 Å². The van der Waals surface area contributed by atoms with E-state index in [4.69, 9.17) is 0 Å². The van der Waals surface area contributed by atoms with Crippen LogP contribution in [0.4, 0.5) is 17.1 Å². The predicted octanol–water partition coefficient (Wildman–Crippen LogP) is 10.6. The van der Waals surface area contributed by atoms with Crippen LogP contribution in [0.1, 0.15) is 78.0 Å². The maximum Gasteiger partial charge on any atom is 0.248 e. The average Bonchev–Trinajstić information content (AvgIpc) is 3.38. The molecule has 2 heterocycles. The molecule has 47 heavy (non-hydrogen) atoms. The Labute approximate surface area is 279 Å². The van der Waals surface area contributed by atoms with Gasteiger partial charge in [-0.15, -0.1) is 0 Å². The van der Waals surface area contributed by atoms with Gasteiger partial charge in [0.25, 0.3) is 0 Å². The van der Waals surface area contributed by atoms with Crippen LogP contribution in [0.2, 0.25) is 0 Å². The summed E-state index contributed by atoms with van der Waals surface area (Å²) in [6.45, 7) is 19.2. The van der Waals surface area contributed by atoms with Gasteiger partial charge in [-0.2, -0.15) is 0 Å². The van der Waals surface area contributed by atoms with Crippen molar-refractivity contribution in [1.82, 2.24) is 0 Å². The lowest BCUT2D eigenvalue weighted by molar-refractivity contribution is 0.594. The molecule has 0 fully saturated rings. The van der Waals surface area contributed by atoms with E-state index in [2.05, 4.69) is 163 Å². The highest BCUT2D eigenvalue weighted by Crippen LogP contribution is 2.50. The summed E-state index contributed by atoms with van der Waals surface area (Å²) in [5, 5.41) is 8.33. The van der Waals surface area contributed by atoms with Crippen LogP contribution in [-0.2, 0) is 10.8 Å². The van der Waals surface area contributed by atoms with Gasteiger partial charge in [-0.05, 0) is 101 Å². The fourth-order valence-electron chi connectivity index (χ4n) is 8.99. The third-order valence-corrected chi connectivity index (χ3v) is 11.1. The number of fused-ring (bicyclic) bond motifs is 5. The van der Waals surface area contributed by atoms with Crippen LogP contribution in [0.3, 0.4) is 0 Å². The Morgan fingerprint density at radius 3 is 1.77 bits per heavy atom. The molecule has 1 nitrogen and oxygen atoms in total. The minimum absolute atomic E-state index is 0.0298. The third kappa shape index (κ3) is 3.85. The Bertz CT molecular complexity index is 2420. The minimum atomic E-state index is -0.0441. The first-order valence-corrected chi connectivity index (χ1v) is 17.4. The lowest BCUT2D eigenvalue weighted by Crippen LogP contribution is -2.54. The van der Waals surface area contributed by atoms with Crippen molar-refractivity contribution in [3.63, 3.8) is 0 Å². The van der Waals surface area contributed by atoms with Gasteiger partial charge < -0.3 is 4.90 Å². The molecule has 230 valence electrons. The molecule has 0 radical (unpaired) electrons. The van der Waals surface area contributed by atoms with Crippen molar-refractivity contribution in [3.8, 4) is 11.1 Å². The van der Waals surface area contributed by atoms with Crippen LogP contribution in [0.5, 0.6) is 0 Å². The molecule has 0 unspecified atom stereocenters. The van der Waals surface area contributed by atoms with Crippen molar-refractivity contribution in [1.29, 1.82) is 0 Å². The molecule has 0 N–H and O–H groups in total. The average molecular weight is 608 g/mol. The molecule has 7 aromatic rings. The number of hydrogen-bond acceptors (Lipinski definition) is 1. The van der Waals surface area contributed by atoms with E-state index in [1.807, 2.05) is 0 Å². The van der Waals surface area contributed by atoms with Gasteiger partial charge in [-0.1, -0.05) is 146 Å². The van der Waals surface area contributed by atoms with Crippen LogP contribution < -0.4 is 21.3 Å². The number of hydrogen-bond donors (Lipinski definition) is 0. The van der Waals surface area contributed by atoms with Crippen molar-refractivity contribution in [3.05, 3.63) is 120 Å². The van der Waals surface area contributed by atoms with Crippen molar-refractivity contribution in [2.45, 2.75) is 72.1 Å². The topological polar surface area (TPSA) is 3.24 Å². The molecule has 0 aliphatic carbocycles.